The molecule has 0 bridgehead atoms. The third-order valence-corrected chi connectivity index (χ3v) is 1.77. The molecule has 0 spiro atoms. The lowest BCUT2D eigenvalue weighted by molar-refractivity contribution is -0.137. The zero-order valence-corrected chi connectivity index (χ0v) is 9.08. The van der Waals surface area contributed by atoms with E-state index in [2.05, 4.69) is 5.32 Å². The predicted molar refractivity (Wildman–Crippen MR) is 57.5 cm³/mol. The molecule has 1 N–H and O–H groups in total. The minimum Gasteiger partial charge on any atom is -0.385 e. The van der Waals surface area contributed by atoms with Gasteiger partial charge in [-0.05, 0) is 24.6 Å². The van der Waals surface area contributed by atoms with E-state index < -0.39 is 11.7 Å². The van der Waals surface area contributed by atoms with E-state index in [-0.39, 0.29) is 12.4 Å². The van der Waals surface area contributed by atoms with Gasteiger partial charge in [0.2, 0.25) is 0 Å². The van der Waals surface area contributed by atoms with Crippen molar-refractivity contribution in [2.45, 2.75) is 19.5 Å². The average molecular weight is 240 g/mol. The minimum atomic E-state index is -4.26. The van der Waals surface area contributed by atoms with Gasteiger partial charge in [0.15, 0.2) is 0 Å². The number of hydrogen-bond donors (Lipinski definition) is 1. The van der Waals surface area contributed by atoms with E-state index in [0.717, 1.165) is 18.6 Å². The Kier molecular flexibility index (Phi) is 5.50. The second-order valence-corrected chi connectivity index (χ2v) is 3.01. The SMILES string of the molecule is CCCNc1cccc(C(F)(F)F)c1.Cl. The summed E-state index contributed by atoms with van der Waals surface area (Å²) in [6.45, 7) is 2.64. The number of halogens is 4. The molecule has 0 saturated heterocycles. The van der Waals surface area contributed by atoms with Crippen LogP contribution in [-0.4, -0.2) is 6.54 Å². The Morgan fingerprint density at radius 2 is 1.93 bits per heavy atom. The second-order valence-electron chi connectivity index (χ2n) is 3.01. The average Bonchev–Trinajstić information content (AvgIpc) is 2.14. The highest BCUT2D eigenvalue weighted by Gasteiger charge is 2.30. The Bertz CT molecular complexity index is 299. The van der Waals surface area contributed by atoms with Gasteiger partial charge in [0.25, 0.3) is 0 Å². The maximum absolute atomic E-state index is 12.3. The molecule has 0 atom stereocenters. The van der Waals surface area contributed by atoms with Crippen molar-refractivity contribution < 1.29 is 13.2 Å². The normalized spacial score (nSPS) is 10.7. The van der Waals surface area contributed by atoms with Gasteiger partial charge in [0, 0.05) is 12.2 Å². The van der Waals surface area contributed by atoms with Crippen LogP contribution in [-0.2, 0) is 6.18 Å². The molecule has 0 aliphatic carbocycles. The van der Waals surface area contributed by atoms with Crippen molar-refractivity contribution in [3.8, 4) is 0 Å². The van der Waals surface area contributed by atoms with Crippen molar-refractivity contribution in [2.75, 3.05) is 11.9 Å². The zero-order valence-electron chi connectivity index (χ0n) is 8.27. The summed E-state index contributed by atoms with van der Waals surface area (Å²) in [5.41, 5.74) is -0.0970. The number of anilines is 1. The molecule has 1 rings (SSSR count). The highest BCUT2D eigenvalue weighted by Crippen LogP contribution is 2.30. The van der Waals surface area contributed by atoms with Crippen LogP contribution in [0.1, 0.15) is 18.9 Å². The molecule has 86 valence electrons. The van der Waals surface area contributed by atoms with Gasteiger partial charge >= 0.3 is 6.18 Å². The Balaban J connectivity index is 0.00000196. The fourth-order valence-corrected chi connectivity index (χ4v) is 1.07. The summed E-state index contributed by atoms with van der Waals surface area (Å²) in [4.78, 5) is 0. The van der Waals surface area contributed by atoms with Gasteiger partial charge < -0.3 is 5.32 Å². The predicted octanol–water partition coefficient (Wildman–Crippen LogP) is 3.95. The van der Waals surface area contributed by atoms with Crippen molar-refractivity contribution >= 4 is 18.1 Å². The van der Waals surface area contributed by atoms with Crippen LogP contribution >= 0.6 is 12.4 Å². The molecule has 0 amide bonds. The molecule has 0 aromatic heterocycles. The first kappa shape index (κ1) is 14.1. The fourth-order valence-electron chi connectivity index (χ4n) is 1.07. The number of benzene rings is 1. The molecule has 1 aromatic rings. The Labute approximate surface area is 93.1 Å². The molecule has 0 aliphatic rings. The van der Waals surface area contributed by atoms with Crippen LogP contribution in [0.15, 0.2) is 24.3 Å². The standard InChI is InChI=1S/C10H12F3N.ClH/c1-2-6-14-9-5-3-4-8(7-9)10(11,12)13;/h3-5,7,14H,2,6H2,1H3;1H. The Morgan fingerprint density at radius 3 is 2.47 bits per heavy atom. The lowest BCUT2D eigenvalue weighted by atomic mass is 10.2. The van der Waals surface area contributed by atoms with Gasteiger partial charge in [-0.1, -0.05) is 13.0 Å². The van der Waals surface area contributed by atoms with Crippen LogP contribution in [0.3, 0.4) is 0 Å². The molecule has 15 heavy (non-hydrogen) atoms. The smallest absolute Gasteiger partial charge is 0.385 e. The first-order valence-corrected chi connectivity index (χ1v) is 4.45. The van der Waals surface area contributed by atoms with Crippen molar-refractivity contribution in [3.05, 3.63) is 29.8 Å². The van der Waals surface area contributed by atoms with Crippen LogP contribution in [0.2, 0.25) is 0 Å². The molecule has 0 heterocycles. The van der Waals surface area contributed by atoms with Crippen molar-refractivity contribution in [1.82, 2.24) is 0 Å². The molecular weight excluding hydrogens is 227 g/mol. The second kappa shape index (κ2) is 5.85. The Morgan fingerprint density at radius 1 is 1.27 bits per heavy atom. The van der Waals surface area contributed by atoms with Crippen molar-refractivity contribution in [1.29, 1.82) is 0 Å². The highest BCUT2D eigenvalue weighted by molar-refractivity contribution is 5.85. The minimum absolute atomic E-state index is 0. The topological polar surface area (TPSA) is 12.0 Å². The summed E-state index contributed by atoms with van der Waals surface area (Å²) in [7, 11) is 0. The lowest BCUT2D eigenvalue weighted by Crippen LogP contribution is -2.06. The largest absolute Gasteiger partial charge is 0.416 e. The zero-order chi connectivity index (χ0) is 10.6. The van der Waals surface area contributed by atoms with E-state index in [0.29, 0.717) is 12.2 Å². The lowest BCUT2D eigenvalue weighted by Gasteiger charge is -2.09. The van der Waals surface area contributed by atoms with Crippen LogP contribution in [0.4, 0.5) is 18.9 Å². The molecule has 5 heteroatoms. The summed E-state index contributed by atoms with van der Waals surface area (Å²) in [6.07, 6.45) is -3.37. The third kappa shape index (κ3) is 4.42. The van der Waals surface area contributed by atoms with E-state index in [9.17, 15) is 13.2 Å². The van der Waals surface area contributed by atoms with Crippen LogP contribution in [0.25, 0.3) is 0 Å². The highest BCUT2D eigenvalue weighted by atomic mass is 35.5. The van der Waals surface area contributed by atoms with Crippen LogP contribution < -0.4 is 5.32 Å². The van der Waals surface area contributed by atoms with Crippen molar-refractivity contribution in [3.63, 3.8) is 0 Å². The molecule has 1 nitrogen and oxygen atoms in total. The van der Waals surface area contributed by atoms with E-state index >= 15 is 0 Å². The summed E-state index contributed by atoms with van der Waals surface area (Å²) in [5.74, 6) is 0. The summed E-state index contributed by atoms with van der Waals surface area (Å²) < 4.78 is 36.8. The van der Waals surface area contributed by atoms with Crippen LogP contribution in [0, 0.1) is 0 Å². The van der Waals surface area contributed by atoms with Gasteiger partial charge in [0.05, 0.1) is 5.56 Å². The number of alkyl halides is 3. The summed E-state index contributed by atoms with van der Waals surface area (Å²) in [5, 5.41) is 2.91. The van der Waals surface area contributed by atoms with E-state index in [1.54, 1.807) is 6.07 Å². The van der Waals surface area contributed by atoms with E-state index in [1.807, 2.05) is 6.92 Å². The van der Waals surface area contributed by atoms with E-state index in [4.69, 9.17) is 0 Å². The molecule has 0 unspecified atom stereocenters. The fraction of sp³-hybridized carbons (Fsp3) is 0.400. The van der Waals surface area contributed by atoms with Gasteiger partial charge in [-0.15, -0.1) is 12.4 Å². The summed E-state index contributed by atoms with van der Waals surface area (Å²) >= 11 is 0. The number of rotatable bonds is 3. The number of nitrogens with one attached hydrogen (secondary N) is 1. The maximum Gasteiger partial charge on any atom is 0.416 e. The molecule has 0 saturated carbocycles. The molecule has 0 aliphatic heterocycles. The Hall–Kier alpha value is -0.900. The van der Waals surface area contributed by atoms with E-state index in [1.165, 1.54) is 6.07 Å². The molecule has 1 aromatic carbocycles. The number of hydrogen-bond acceptors (Lipinski definition) is 1. The molecular formula is C10H13ClF3N. The third-order valence-electron chi connectivity index (χ3n) is 1.77. The van der Waals surface area contributed by atoms with Gasteiger partial charge in [-0.2, -0.15) is 13.2 Å². The first-order chi connectivity index (χ1) is 6.54. The summed E-state index contributed by atoms with van der Waals surface area (Å²) in [6, 6.07) is 5.22. The van der Waals surface area contributed by atoms with Crippen molar-refractivity contribution in [2.24, 2.45) is 0 Å². The molecule has 0 fully saturated rings. The maximum atomic E-state index is 12.3. The van der Waals surface area contributed by atoms with Crippen LogP contribution in [0.5, 0.6) is 0 Å². The first-order valence-electron chi connectivity index (χ1n) is 4.45. The quantitative estimate of drug-likeness (QED) is 0.842. The monoisotopic (exact) mass is 239 g/mol. The van der Waals surface area contributed by atoms with Gasteiger partial charge in [-0.3, -0.25) is 0 Å². The molecule has 0 radical (unpaired) electrons. The van der Waals surface area contributed by atoms with Gasteiger partial charge in [-0.25, -0.2) is 0 Å². The van der Waals surface area contributed by atoms with Gasteiger partial charge in [0.1, 0.15) is 0 Å².